The van der Waals surface area contributed by atoms with Crippen LogP contribution in [0, 0.1) is 5.41 Å². The number of hydrogen-bond acceptors (Lipinski definition) is 3. The Morgan fingerprint density at radius 3 is 2.89 bits per heavy atom. The second-order valence-electron chi connectivity index (χ2n) is 5.37. The third kappa shape index (κ3) is 2.31. The molecule has 1 aliphatic heterocycles. The number of hydrogen-bond donors (Lipinski definition) is 1. The molecule has 1 fully saturated rings. The molecule has 0 spiro atoms. The van der Waals surface area contributed by atoms with Crippen molar-refractivity contribution < 1.29 is 9.53 Å². The molecule has 0 aliphatic carbocycles. The first kappa shape index (κ1) is 12.1. The van der Waals surface area contributed by atoms with Crippen LogP contribution >= 0.6 is 0 Å². The molecule has 0 radical (unpaired) electrons. The van der Waals surface area contributed by atoms with Crippen molar-refractivity contribution in [2.45, 2.75) is 6.92 Å². The molecule has 2 heterocycles. The zero-order chi connectivity index (χ0) is 13.3. The van der Waals surface area contributed by atoms with E-state index in [0.29, 0.717) is 25.3 Å². The van der Waals surface area contributed by atoms with Gasteiger partial charge in [-0.05, 0) is 12.1 Å². The first-order chi connectivity index (χ1) is 9.18. The van der Waals surface area contributed by atoms with Crippen LogP contribution < -0.4 is 5.32 Å². The summed E-state index contributed by atoms with van der Waals surface area (Å²) < 4.78 is 5.18. The van der Waals surface area contributed by atoms with Gasteiger partial charge in [-0.25, -0.2) is 0 Å². The number of fused-ring (bicyclic) bond motifs is 1. The molecular formula is C15H16N2O2. The molecule has 1 aromatic carbocycles. The SMILES string of the molecule is CC1(CNC(=O)c2cccc3cccnc23)COC1. The first-order valence-corrected chi connectivity index (χ1v) is 6.38. The van der Waals surface area contributed by atoms with Crippen LogP contribution in [0.2, 0.25) is 0 Å². The van der Waals surface area contributed by atoms with Crippen molar-refractivity contribution in [2.24, 2.45) is 5.41 Å². The quantitative estimate of drug-likeness (QED) is 0.913. The lowest BCUT2D eigenvalue weighted by Crippen LogP contribution is -2.48. The van der Waals surface area contributed by atoms with Crippen molar-refractivity contribution >= 4 is 16.8 Å². The fourth-order valence-corrected chi connectivity index (χ4v) is 2.23. The average Bonchev–Trinajstić information content (AvgIpc) is 2.42. The van der Waals surface area contributed by atoms with Crippen LogP contribution in [0.15, 0.2) is 36.5 Å². The number of rotatable bonds is 3. The topological polar surface area (TPSA) is 51.2 Å². The largest absolute Gasteiger partial charge is 0.380 e. The average molecular weight is 256 g/mol. The standard InChI is InChI=1S/C15H16N2O2/c1-15(9-19-10-15)8-17-14(18)12-6-2-4-11-5-3-7-16-13(11)12/h2-7H,8-10H2,1H3,(H,17,18). The Hall–Kier alpha value is -1.94. The molecule has 2 aromatic rings. The molecule has 4 heteroatoms. The Morgan fingerprint density at radius 2 is 2.16 bits per heavy atom. The van der Waals surface area contributed by atoms with Gasteiger partial charge in [0.25, 0.3) is 5.91 Å². The van der Waals surface area contributed by atoms with Gasteiger partial charge < -0.3 is 10.1 Å². The van der Waals surface area contributed by atoms with Crippen LogP contribution in [0.1, 0.15) is 17.3 Å². The number of pyridine rings is 1. The summed E-state index contributed by atoms with van der Waals surface area (Å²) in [6.45, 7) is 4.16. The molecule has 1 amide bonds. The van der Waals surface area contributed by atoms with E-state index in [-0.39, 0.29) is 11.3 Å². The van der Waals surface area contributed by atoms with E-state index in [9.17, 15) is 4.79 Å². The van der Waals surface area contributed by atoms with Gasteiger partial charge in [-0.15, -0.1) is 0 Å². The highest BCUT2D eigenvalue weighted by molar-refractivity contribution is 6.05. The summed E-state index contributed by atoms with van der Waals surface area (Å²) in [5.41, 5.74) is 1.45. The summed E-state index contributed by atoms with van der Waals surface area (Å²) in [5.74, 6) is -0.0718. The lowest BCUT2D eigenvalue weighted by molar-refractivity contribution is -0.0978. The third-order valence-electron chi connectivity index (χ3n) is 3.45. The number of benzene rings is 1. The van der Waals surface area contributed by atoms with Crippen LogP contribution in [0.5, 0.6) is 0 Å². The molecule has 4 nitrogen and oxygen atoms in total. The van der Waals surface area contributed by atoms with Gasteiger partial charge in [0.05, 0.1) is 24.3 Å². The zero-order valence-corrected chi connectivity index (χ0v) is 10.8. The fourth-order valence-electron chi connectivity index (χ4n) is 2.23. The summed E-state index contributed by atoms with van der Waals surface area (Å²) in [5, 5.41) is 3.95. The second kappa shape index (κ2) is 4.63. The maximum absolute atomic E-state index is 12.3. The van der Waals surface area contributed by atoms with Gasteiger partial charge in [0, 0.05) is 23.5 Å². The van der Waals surface area contributed by atoms with Gasteiger partial charge in [0.15, 0.2) is 0 Å². The molecule has 0 bridgehead atoms. The number of amides is 1. The first-order valence-electron chi connectivity index (χ1n) is 6.38. The molecule has 19 heavy (non-hydrogen) atoms. The number of carbonyl (C=O) groups excluding carboxylic acids is 1. The summed E-state index contributed by atoms with van der Waals surface area (Å²) in [6, 6.07) is 9.48. The minimum absolute atomic E-state index is 0.0718. The van der Waals surface area contributed by atoms with Gasteiger partial charge in [-0.2, -0.15) is 0 Å². The van der Waals surface area contributed by atoms with Gasteiger partial charge in [-0.1, -0.05) is 25.1 Å². The maximum Gasteiger partial charge on any atom is 0.253 e. The highest BCUT2D eigenvalue weighted by Gasteiger charge is 2.33. The number of aromatic nitrogens is 1. The Kier molecular flexibility index (Phi) is 2.95. The minimum atomic E-state index is -0.0718. The Labute approximate surface area is 111 Å². The van der Waals surface area contributed by atoms with Crippen LogP contribution in [0.3, 0.4) is 0 Å². The number of nitrogens with zero attached hydrogens (tertiary/aromatic N) is 1. The van der Waals surface area contributed by atoms with E-state index in [1.807, 2.05) is 30.3 Å². The van der Waals surface area contributed by atoms with E-state index < -0.39 is 0 Å². The van der Waals surface area contributed by atoms with Crippen LogP contribution in [0.4, 0.5) is 0 Å². The van der Waals surface area contributed by atoms with Crippen molar-refractivity contribution in [1.29, 1.82) is 0 Å². The van der Waals surface area contributed by atoms with E-state index in [4.69, 9.17) is 4.74 Å². The van der Waals surface area contributed by atoms with Crippen LogP contribution in [0.25, 0.3) is 10.9 Å². The Balaban J connectivity index is 1.81. The van der Waals surface area contributed by atoms with Gasteiger partial charge in [0.1, 0.15) is 0 Å². The summed E-state index contributed by atoms with van der Waals surface area (Å²) in [6.07, 6.45) is 1.71. The lowest BCUT2D eigenvalue weighted by atomic mass is 9.88. The number of para-hydroxylation sites is 1. The molecule has 0 unspecified atom stereocenters. The van der Waals surface area contributed by atoms with E-state index in [1.165, 1.54) is 0 Å². The maximum atomic E-state index is 12.3. The van der Waals surface area contributed by atoms with Crippen molar-refractivity contribution in [3.8, 4) is 0 Å². The van der Waals surface area contributed by atoms with Crippen molar-refractivity contribution in [1.82, 2.24) is 10.3 Å². The summed E-state index contributed by atoms with van der Waals surface area (Å²) in [4.78, 5) is 16.5. The van der Waals surface area contributed by atoms with Gasteiger partial charge in [-0.3, -0.25) is 9.78 Å². The van der Waals surface area contributed by atoms with Crippen molar-refractivity contribution in [3.05, 3.63) is 42.1 Å². The molecule has 1 aromatic heterocycles. The zero-order valence-electron chi connectivity index (χ0n) is 10.8. The molecule has 0 atom stereocenters. The highest BCUT2D eigenvalue weighted by atomic mass is 16.5. The molecule has 1 aliphatic rings. The Morgan fingerprint density at radius 1 is 1.37 bits per heavy atom. The molecule has 0 saturated carbocycles. The number of nitrogens with one attached hydrogen (secondary N) is 1. The molecule has 1 saturated heterocycles. The summed E-state index contributed by atoms with van der Waals surface area (Å²) >= 11 is 0. The molecule has 3 rings (SSSR count). The lowest BCUT2D eigenvalue weighted by Gasteiger charge is -2.38. The van der Waals surface area contributed by atoms with E-state index >= 15 is 0 Å². The van der Waals surface area contributed by atoms with Crippen LogP contribution in [-0.2, 0) is 4.74 Å². The van der Waals surface area contributed by atoms with E-state index in [1.54, 1.807) is 6.20 Å². The van der Waals surface area contributed by atoms with E-state index in [0.717, 1.165) is 10.9 Å². The molecule has 1 N–H and O–H groups in total. The Bertz CT molecular complexity index is 615. The smallest absolute Gasteiger partial charge is 0.253 e. The van der Waals surface area contributed by atoms with Gasteiger partial charge >= 0.3 is 0 Å². The summed E-state index contributed by atoms with van der Waals surface area (Å²) in [7, 11) is 0. The predicted molar refractivity (Wildman–Crippen MR) is 73.0 cm³/mol. The molecule has 98 valence electrons. The predicted octanol–water partition coefficient (Wildman–Crippen LogP) is 2.00. The number of ether oxygens (including phenoxy) is 1. The number of carbonyl (C=O) groups is 1. The normalized spacial score (nSPS) is 16.9. The van der Waals surface area contributed by atoms with Crippen molar-refractivity contribution in [2.75, 3.05) is 19.8 Å². The van der Waals surface area contributed by atoms with E-state index in [2.05, 4.69) is 17.2 Å². The molecular weight excluding hydrogens is 240 g/mol. The monoisotopic (exact) mass is 256 g/mol. The second-order valence-corrected chi connectivity index (χ2v) is 5.37. The van der Waals surface area contributed by atoms with Crippen LogP contribution in [-0.4, -0.2) is 30.6 Å². The van der Waals surface area contributed by atoms with Gasteiger partial charge in [0.2, 0.25) is 0 Å². The fraction of sp³-hybridized carbons (Fsp3) is 0.333. The third-order valence-corrected chi connectivity index (χ3v) is 3.45. The highest BCUT2D eigenvalue weighted by Crippen LogP contribution is 2.25. The van der Waals surface area contributed by atoms with Crippen molar-refractivity contribution in [3.63, 3.8) is 0 Å². The minimum Gasteiger partial charge on any atom is -0.380 e.